The summed E-state index contributed by atoms with van der Waals surface area (Å²) in [7, 11) is -3.72. The Labute approximate surface area is 182 Å². The van der Waals surface area contributed by atoms with Crippen LogP contribution in [0.5, 0.6) is 0 Å². The Kier molecular flexibility index (Phi) is 7.50. The lowest BCUT2D eigenvalue weighted by atomic mass is 9.96. The first-order chi connectivity index (χ1) is 14.3. The average Bonchev–Trinajstić information content (AvgIpc) is 2.75. The third kappa shape index (κ3) is 5.39. The molecule has 1 N–H and O–H groups in total. The van der Waals surface area contributed by atoms with E-state index in [9.17, 15) is 17.6 Å². The first kappa shape index (κ1) is 22.7. The number of carbonyl (C=O) groups excluding carboxylic acids is 1. The highest BCUT2D eigenvalue weighted by atomic mass is 35.5. The van der Waals surface area contributed by atoms with Crippen molar-refractivity contribution in [2.75, 3.05) is 13.1 Å². The molecule has 0 aromatic heterocycles. The van der Waals surface area contributed by atoms with Gasteiger partial charge in [0.15, 0.2) is 0 Å². The van der Waals surface area contributed by atoms with Crippen LogP contribution < -0.4 is 5.32 Å². The summed E-state index contributed by atoms with van der Waals surface area (Å²) < 4.78 is 40.8. The number of halogens is 2. The van der Waals surface area contributed by atoms with Crippen molar-refractivity contribution in [2.24, 2.45) is 5.92 Å². The molecule has 162 valence electrons. The summed E-state index contributed by atoms with van der Waals surface area (Å²) in [4.78, 5) is 12.7. The molecule has 30 heavy (non-hydrogen) atoms. The minimum absolute atomic E-state index is 0.0207. The van der Waals surface area contributed by atoms with Crippen LogP contribution in [0.3, 0.4) is 0 Å². The molecule has 0 bridgehead atoms. The maximum Gasteiger partial charge on any atom is 0.223 e. The molecule has 0 saturated carbocycles. The van der Waals surface area contributed by atoms with Crippen molar-refractivity contribution in [3.63, 3.8) is 0 Å². The molecule has 2 aromatic rings. The molecule has 8 heteroatoms. The third-order valence-corrected chi connectivity index (χ3v) is 7.69. The van der Waals surface area contributed by atoms with Gasteiger partial charge in [0.2, 0.25) is 15.9 Å². The van der Waals surface area contributed by atoms with Crippen LogP contribution in [0.2, 0.25) is 5.02 Å². The Morgan fingerprint density at radius 1 is 1.17 bits per heavy atom. The van der Waals surface area contributed by atoms with Crippen LogP contribution >= 0.6 is 11.6 Å². The zero-order chi connectivity index (χ0) is 21.7. The number of amides is 1. The van der Waals surface area contributed by atoms with Gasteiger partial charge in [0.05, 0.1) is 11.8 Å². The first-order valence-electron chi connectivity index (χ1n) is 10.1. The lowest BCUT2D eigenvalue weighted by Crippen LogP contribution is -2.44. The summed E-state index contributed by atoms with van der Waals surface area (Å²) >= 11 is 5.98. The zero-order valence-corrected chi connectivity index (χ0v) is 18.4. The fourth-order valence-electron chi connectivity index (χ4n) is 3.74. The minimum atomic E-state index is -3.72. The molecule has 0 spiro atoms. The van der Waals surface area contributed by atoms with E-state index in [2.05, 4.69) is 5.32 Å². The van der Waals surface area contributed by atoms with Crippen LogP contribution in [0, 0.1) is 11.7 Å². The maximum absolute atomic E-state index is 14.0. The summed E-state index contributed by atoms with van der Waals surface area (Å²) in [6.45, 7) is 2.48. The van der Waals surface area contributed by atoms with E-state index >= 15 is 0 Å². The van der Waals surface area contributed by atoms with E-state index < -0.39 is 21.6 Å². The smallest absolute Gasteiger partial charge is 0.223 e. The fraction of sp³-hybridized carbons (Fsp3) is 0.409. The molecular weight excluding hydrogens is 427 g/mol. The van der Waals surface area contributed by atoms with Gasteiger partial charge in [0.1, 0.15) is 5.82 Å². The molecule has 5 nitrogen and oxygen atoms in total. The molecule has 1 fully saturated rings. The monoisotopic (exact) mass is 452 g/mol. The number of hydrogen-bond acceptors (Lipinski definition) is 3. The van der Waals surface area contributed by atoms with Gasteiger partial charge >= 0.3 is 0 Å². The number of rotatable bonds is 7. The fourth-order valence-corrected chi connectivity index (χ4v) is 5.65. The van der Waals surface area contributed by atoms with Gasteiger partial charge in [-0.1, -0.05) is 54.9 Å². The van der Waals surface area contributed by atoms with Crippen LogP contribution in [-0.4, -0.2) is 31.7 Å². The Morgan fingerprint density at radius 3 is 2.43 bits per heavy atom. The standard InChI is InChI=1S/C22H26ClFN2O3S/c1-2-21(16-7-4-3-5-8-16)25-22(27)17-11-13-26(14-12-17)30(28,29)15-18-19(23)9-6-10-20(18)24/h3-10,17,21H,2,11-15H2,1H3,(H,25,27)/t21-/m0/s1. The highest BCUT2D eigenvalue weighted by Crippen LogP contribution is 2.26. The molecule has 1 heterocycles. The number of hydrogen-bond donors (Lipinski definition) is 1. The first-order valence-corrected chi connectivity index (χ1v) is 12.1. The summed E-state index contributed by atoms with van der Waals surface area (Å²) in [6, 6.07) is 13.8. The van der Waals surface area contributed by atoms with Crippen molar-refractivity contribution < 1.29 is 17.6 Å². The molecule has 0 radical (unpaired) electrons. The number of nitrogens with one attached hydrogen (secondary N) is 1. The molecule has 1 saturated heterocycles. The molecule has 2 aromatic carbocycles. The average molecular weight is 453 g/mol. The van der Waals surface area contributed by atoms with Crippen molar-refractivity contribution >= 4 is 27.5 Å². The topological polar surface area (TPSA) is 66.5 Å². The number of sulfonamides is 1. The van der Waals surface area contributed by atoms with E-state index in [0.717, 1.165) is 12.0 Å². The Balaban J connectivity index is 1.59. The zero-order valence-electron chi connectivity index (χ0n) is 16.9. The molecule has 3 rings (SSSR count). The van der Waals surface area contributed by atoms with Gasteiger partial charge in [-0.25, -0.2) is 17.1 Å². The van der Waals surface area contributed by atoms with Crippen LogP contribution in [0.4, 0.5) is 4.39 Å². The molecule has 1 amide bonds. The Morgan fingerprint density at radius 2 is 1.83 bits per heavy atom. The predicted octanol–water partition coefficient (Wildman–Crippen LogP) is 4.29. The number of nitrogens with zero attached hydrogens (tertiary/aromatic N) is 1. The number of piperidine rings is 1. The largest absolute Gasteiger partial charge is 0.349 e. The number of benzene rings is 2. The SMILES string of the molecule is CC[C@H](NC(=O)C1CCN(S(=O)(=O)Cc2c(F)cccc2Cl)CC1)c1ccccc1. The van der Waals surface area contributed by atoms with Gasteiger partial charge in [0, 0.05) is 29.6 Å². The molecule has 1 aliphatic rings. The van der Waals surface area contributed by atoms with E-state index in [0.29, 0.717) is 12.8 Å². The number of carbonyl (C=O) groups is 1. The minimum Gasteiger partial charge on any atom is -0.349 e. The van der Waals surface area contributed by atoms with Crippen molar-refractivity contribution in [3.05, 3.63) is 70.5 Å². The quantitative estimate of drug-likeness (QED) is 0.681. The van der Waals surface area contributed by atoms with E-state index in [-0.39, 0.29) is 41.5 Å². The maximum atomic E-state index is 14.0. The lowest BCUT2D eigenvalue weighted by Gasteiger charge is -2.31. The highest BCUT2D eigenvalue weighted by molar-refractivity contribution is 7.88. The summed E-state index contributed by atoms with van der Waals surface area (Å²) in [5, 5.41) is 3.18. The van der Waals surface area contributed by atoms with E-state index in [4.69, 9.17) is 11.6 Å². The molecule has 0 aliphatic carbocycles. The lowest BCUT2D eigenvalue weighted by molar-refractivity contribution is -0.126. The Hall–Kier alpha value is -1.96. The van der Waals surface area contributed by atoms with Crippen molar-refractivity contribution in [1.29, 1.82) is 0 Å². The van der Waals surface area contributed by atoms with Gasteiger partial charge in [-0.15, -0.1) is 0 Å². The Bertz CT molecular complexity index is 957. The third-order valence-electron chi connectivity index (χ3n) is 5.53. The van der Waals surface area contributed by atoms with Crippen molar-refractivity contribution in [1.82, 2.24) is 9.62 Å². The van der Waals surface area contributed by atoms with E-state index in [1.165, 1.54) is 22.5 Å². The van der Waals surface area contributed by atoms with Crippen LogP contribution in [0.15, 0.2) is 48.5 Å². The van der Waals surface area contributed by atoms with Crippen molar-refractivity contribution in [3.8, 4) is 0 Å². The molecule has 1 atom stereocenters. The molecular formula is C22H26ClFN2O3S. The van der Waals surface area contributed by atoms with Crippen LogP contribution in [-0.2, 0) is 20.6 Å². The van der Waals surface area contributed by atoms with Gasteiger partial charge in [-0.05, 0) is 37.0 Å². The van der Waals surface area contributed by atoms with Gasteiger partial charge in [-0.2, -0.15) is 0 Å². The summed E-state index contributed by atoms with van der Waals surface area (Å²) in [5.74, 6) is -1.42. The van der Waals surface area contributed by atoms with E-state index in [1.807, 2.05) is 37.3 Å². The van der Waals surface area contributed by atoms with Crippen LogP contribution in [0.1, 0.15) is 43.4 Å². The van der Waals surface area contributed by atoms with Gasteiger partial charge in [0.25, 0.3) is 0 Å². The van der Waals surface area contributed by atoms with E-state index in [1.54, 1.807) is 0 Å². The predicted molar refractivity (Wildman–Crippen MR) is 116 cm³/mol. The summed E-state index contributed by atoms with van der Waals surface area (Å²) in [6.07, 6.45) is 1.63. The highest BCUT2D eigenvalue weighted by Gasteiger charge is 2.32. The van der Waals surface area contributed by atoms with Gasteiger partial charge in [-0.3, -0.25) is 4.79 Å². The summed E-state index contributed by atoms with van der Waals surface area (Å²) in [5.41, 5.74) is 1.03. The second-order valence-electron chi connectivity index (χ2n) is 7.51. The normalized spacial score (nSPS) is 16.9. The molecule has 0 unspecified atom stereocenters. The second kappa shape index (κ2) is 9.90. The second-order valence-corrected chi connectivity index (χ2v) is 9.89. The van der Waals surface area contributed by atoms with Gasteiger partial charge < -0.3 is 5.32 Å². The van der Waals surface area contributed by atoms with Crippen molar-refractivity contribution in [2.45, 2.75) is 38.0 Å². The molecule has 1 aliphatic heterocycles. The van der Waals surface area contributed by atoms with Crippen LogP contribution in [0.25, 0.3) is 0 Å².